The number of hydrogen-bond donors (Lipinski definition) is 2. The first-order valence-corrected chi connectivity index (χ1v) is 7.31. The molecule has 0 aromatic rings. The Morgan fingerprint density at radius 2 is 2.12 bits per heavy atom. The zero-order valence-electron chi connectivity index (χ0n) is 4.37. The average molecular weight is 200 g/mol. The van der Waals surface area contributed by atoms with Gasteiger partial charge in [-0.3, -0.25) is 0 Å². The van der Waals surface area contributed by atoms with E-state index in [0.29, 0.717) is 5.25 Å². The quantitative estimate of drug-likeness (QED) is 0.505. The van der Waals surface area contributed by atoms with Crippen LogP contribution in [0, 0.1) is 0 Å². The number of nitrogens with two attached hydrogens (primary N) is 1. The molecule has 4 nitrogen and oxygen atoms in total. The molecule has 0 radical (unpaired) electrons. The van der Waals surface area contributed by atoms with Crippen molar-refractivity contribution in [1.82, 2.24) is 0 Å². The van der Waals surface area contributed by atoms with Crippen molar-refractivity contribution in [2.24, 2.45) is 5.14 Å². The van der Waals surface area contributed by atoms with Crippen molar-refractivity contribution in [3.8, 4) is 0 Å². The van der Waals surface area contributed by atoms with Crippen LogP contribution in [0.2, 0.25) is 5.25 Å². The Balaban J connectivity index is 3.42. The molecule has 0 bridgehead atoms. The summed E-state index contributed by atoms with van der Waals surface area (Å²) >= 11 is -1.47. The van der Waals surface area contributed by atoms with Gasteiger partial charge in [0.1, 0.15) is 0 Å². The zero-order valence-corrected chi connectivity index (χ0v) is 8.15. The van der Waals surface area contributed by atoms with Gasteiger partial charge in [0.15, 0.2) is 0 Å². The van der Waals surface area contributed by atoms with Crippen LogP contribution in [0.5, 0.6) is 0 Å². The van der Waals surface area contributed by atoms with Crippen LogP contribution in [0.25, 0.3) is 0 Å². The molecule has 0 aromatic carbocycles. The molecule has 0 saturated carbocycles. The van der Waals surface area contributed by atoms with Crippen LogP contribution >= 0.6 is 0 Å². The SMILES string of the molecule is NS(=O)(=O)C[CH2][GeH2][OH]. The van der Waals surface area contributed by atoms with Crippen molar-refractivity contribution in [1.29, 1.82) is 0 Å². The second-order valence-electron chi connectivity index (χ2n) is 1.44. The van der Waals surface area contributed by atoms with E-state index in [1.165, 1.54) is 0 Å². The molecule has 0 aliphatic carbocycles. The monoisotopic (exact) mass is 201 g/mol. The van der Waals surface area contributed by atoms with Crippen molar-refractivity contribution >= 4 is 25.8 Å². The fraction of sp³-hybridized carbons (Fsp3) is 1.00. The Morgan fingerprint density at radius 3 is 2.25 bits per heavy atom. The molecule has 8 heavy (non-hydrogen) atoms. The summed E-state index contributed by atoms with van der Waals surface area (Å²) in [6.07, 6.45) is 0. The van der Waals surface area contributed by atoms with Crippen molar-refractivity contribution in [3.05, 3.63) is 0 Å². The molecular formula is C2H9GeNO3S. The van der Waals surface area contributed by atoms with Crippen LogP contribution < -0.4 is 5.14 Å². The average Bonchev–Trinajstić information content (AvgIpc) is 1.59. The maximum absolute atomic E-state index is 10.1. The van der Waals surface area contributed by atoms with Gasteiger partial charge >= 0.3 is 54.5 Å². The van der Waals surface area contributed by atoms with E-state index in [4.69, 9.17) is 4.13 Å². The van der Waals surface area contributed by atoms with Crippen LogP contribution in [0.15, 0.2) is 0 Å². The third kappa shape index (κ3) is 6.41. The van der Waals surface area contributed by atoms with Gasteiger partial charge in [-0.1, -0.05) is 0 Å². The minimum absolute atomic E-state index is 0.0521. The molecule has 0 rings (SSSR count). The summed E-state index contributed by atoms with van der Waals surface area (Å²) in [6.45, 7) is 0. The third-order valence-electron chi connectivity index (χ3n) is 0.587. The topological polar surface area (TPSA) is 80.4 Å². The summed E-state index contributed by atoms with van der Waals surface area (Å²) in [5, 5.41) is 5.02. The molecule has 0 saturated heterocycles. The van der Waals surface area contributed by atoms with Gasteiger partial charge in [0.05, 0.1) is 0 Å². The van der Waals surface area contributed by atoms with E-state index in [-0.39, 0.29) is 5.75 Å². The predicted octanol–water partition coefficient (Wildman–Crippen LogP) is -2.23. The molecule has 0 aliphatic rings. The van der Waals surface area contributed by atoms with Gasteiger partial charge < -0.3 is 0 Å². The van der Waals surface area contributed by atoms with Crippen molar-refractivity contribution in [2.45, 2.75) is 5.25 Å². The van der Waals surface area contributed by atoms with Crippen molar-refractivity contribution in [2.75, 3.05) is 5.75 Å². The van der Waals surface area contributed by atoms with Gasteiger partial charge in [-0.05, 0) is 0 Å². The number of rotatable bonds is 3. The number of primary sulfonamides is 1. The summed E-state index contributed by atoms with van der Waals surface area (Å²) in [4.78, 5) is 0. The second kappa shape index (κ2) is 3.44. The molecule has 0 amide bonds. The van der Waals surface area contributed by atoms with Crippen LogP contribution in [0.3, 0.4) is 0 Å². The zero-order chi connectivity index (χ0) is 6.62. The van der Waals surface area contributed by atoms with E-state index in [1.54, 1.807) is 0 Å². The molecule has 0 aromatic heterocycles. The standard InChI is InChI=1S/C2H9GeNO3S/c4-8(6,7)2-1-3-5/h5H,1-3H2,(H2,4,6,7). The van der Waals surface area contributed by atoms with Crippen molar-refractivity contribution < 1.29 is 12.6 Å². The maximum atomic E-state index is 10.1. The molecule has 0 aliphatic heterocycles. The molecular weight excluding hydrogens is 191 g/mol. The summed E-state index contributed by atoms with van der Waals surface area (Å²) in [6, 6.07) is 0. The van der Waals surface area contributed by atoms with E-state index in [0.717, 1.165) is 0 Å². The second-order valence-corrected chi connectivity index (χ2v) is 5.60. The molecule has 0 atom stereocenters. The Morgan fingerprint density at radius 1 is 1.62 bits per heavy atom. The van der Waals surface area contributed by atoms with Crippen molar-refractivity contribution in [3.63, 3.8) is 0 Å². The van der Waals surface area contributed by atoms with E-state index in [9.17, 15) is 8.42 Å². The molecule has 50 valence electrons. The fourth-order valence-electron chi connectivity index (χ4n) is 0.266. The summed E-state index contributed by atoms with van der Waals surface area (Å²) < 4.78 is 28.5. The first kappa shape index (κ1) is 8.41. The van der Waals surface area contributed by atoms with Gasteiger partial charge in [0.25, 0.3) is 0 Å². The number of hydrogen-bond acceptors (Lipinski definition) is 3. The molecule has 6 heteroatoms. The molecule has 3 N–H and O–H groups in total. The number of sulfonamides is 1. The predicted molar refractivity (Wildman–Crippen MR) is 33.5 cm³/mol. The van der Waals surface area contributed by atoms with Crippen LogP contribution in [0.4, 0.5) is 0 Å². The first-order valence-electron chi connectivity index (χ1n) is 2.17. The van der Waals surface area contributed by atoms with E-state index in [1.807, 2.05) is 0 Å². The molecule has 0 unspecified atom stereocenters. The fourth-order valence-corrected chi connectivity index (χ4v) is 4.14. The minimum atomic E-state index is -3.30. The normalized spacial score (nSPS) is 13.2. The Kier molecular flexibility index (Phi) is 3.62. The van der Waals surface area contributed by atoms with Crippen LogP contribution in [-0.2, 0) is 10.0 Å². The van der Waals surface area contributed by atoms with Gasteiger partial charge in [-0.25, -0.2) is 0 Å². The van der Waals surface area contributed by atoms with Crippen LogP contribution in [0.1, 0.15) is 0 Å². The molecule has 0 fully saturated rings. The van der Waals surface area contributed by atoms with Gasteiger partial charge in [0.2, 0.25) is 0 Å². The Labute approximate surface area is 54.9 Å². The molecule has 0 spiro atoms. The Bertz CT molecular complexity index is 141. The summed E-state index contributed by atoms with van der Waals surface area (Å²) in [5.74, 6) is -0.0521. The third-order valence-corrected chi connectivity index (χ3v) is 3.93. The first-order chi connectivity index (χ1) is 3.56. The van der Waals surface area contributed by atoms with E-state index < -0.39 is 25.8 Å². The van der Waals surface area contributed by atoms with E-state index in [2.05, 4.69) is 5.14 Å². The van der Waals surface area contributed by atoms with Gasteiger partial charge in [-0.15, -0.1) is 0 Å². The van der Waals surface area contributed by atoms with E-state index >= 15 is 0 Å². The van der Waals surface area contributed by atoms with Gasteiger partial charge in [0, 0.05) is 0 Å². The Hall–Kier alpha value is 0.413. The molecule has 0 heterocycles. The van der Waals surface area contributed by atoms with Gasteiger partial charge in [-0.2, -0.15) is 0 Å². The van der Waals surface area contributed by atoms with Crippen LogP contribution in [-0.4, -0.2) is 34.1 Å². The summed E-state index contributed by atoms with van der Waals surface area (Å²) in [7, 11) is -3.30. The summed E-state index contributed by atoms with van der Waals surface area (Å²) in [5.41, 5.74) is 0.